The second-order valence-corrected chi connectivity index (χ2v) is 3.63. The molecule has 0 heterocycles. The first kappa shape index (κ1) is 13.7. The van der Waals surface area contributed by atoms with Crippen LogP contribution in [0, 0.1) is 16.7 Å². The van der Waals surface area contributed by atoms with Crippen LogP contribution in [0.5, 0.6) is 0 Å². The minimum atomic E-state index is -1.13. The van der Waals surface area contributed by atoms with Crippen LogP contribution < -0.4 is 0 Å². The van der Waals surface area contributed by atoms with Gasteiger partial charge in [0.25, 0.3) is 0 Å². The van der Waals surface area contributed by atoms with Gasteiger partial charge >= 0.3 is 5.97 Å². The lowest BCUT2D eigenvalue weighted by molar-refractivity contribution is -0.149. The van der Waals surface area contributed by atoms with Gasteiger partial charge < -0.3 is 4.74 Å². The molecule has 0 aliphatic heterocycles. The zero-order valence-electron chi connectivity index (χ0n) is 9.96. The van der Waals surface area contributed by atoms with Crippen molar-refractivity contribution in [1.82, 2.24) is 0 Å². The van der Waals surface area contributed by atoms with Crippen LogP contribution in [0.15, 0.2) is 11.6 Å². The number of hydrogen-bond acceptors (Lipinski definition) is 3. The predicted molar refractivity (Wildman–Crippen MR) is 59.0 cm³/mol. The number of carbonyl (C=O) groups is 1. The summed E-state index contributed by atoms with van der Waals surface area (Å²) in [5.74, 6) is -0.461. The van der Waals surface area contributed by atoms with Crippen LogP contribution in [0.3, 0.4) is 0 Å². The summed E-state index contributed by atoms with van der Waals surface area (Å²) in [6, 6.07) is 2.03. The smallest absolute Gasteiger partial charge is 0.330 e. The zero-order valence-corrected chi connectivity index (χ0v) is 9.96. The summed E-state index contributed by atoms with van der Waals surface area (Å²) in [6.07, 6.45) is 3.81. The summed E-state index contributed by atoms with van der Waals surface area (Å²) >= 11 is 0. The summed E-state index contributed by atoms with van der Waals surface area (Å²) in [6.45, 7) is 7.50. The summed E-state index contributed by atoms with van der Waals surface area (Å²) in [7, 11) is 0. The van der Waals surface area contributed by atoms with E-state index in [9.17, 15) is 4.79 Å². The Morgan fingerprint density at radius 3 is 2.53 bits per heavy atom. The minimum Gasteiger partial charge on any atom is -0.465 e. The van der Waals surface area contributed by atoms with E-state index in [0.29, 0.717) is 6.61 Å². The SMILES string of the molecule is CCC/C=C(/C)[C@@](C)(C#N)C(=O)OCC. The Balaban J connectivity index is 4.85. The molecule has 0 radical (unpaired) electrons. The summed E-state index contributed by atoms with van der Waals surface area (Å²) in [5.41, 5.74) is -0.365. The van der Waals surface area contributed by atoms with Gasteiger partial charge in [0.05, 0.1) is 12.7 Å². The van der Waals surface area contributed by atoms with Crippen molar-refractivity contribution >= 4 is 5.97 Å². The predicted octanol–water partition coefficient (Wildman–Crippen LogP) is 2.83. The average Bonchev–Trinajstić information content (AvgIpc) is 2.24. The molecule has 84 valence electrons. The van der Waals surface area contributed by atoms with Gasteiger partial charge in [-0.1, -0.05) is 19.4 Å². The first-order chi connectivity index (χ1) is 7.02. The molecule has 3 nitrogen and oxygen atoms in total. The fourth-order valence-electron chi connectivity index (χ4n) is 1.14. The monoisotopic (exact) mass is 209 g/mol. The maximum atomic E-state index is 11.6. The first-order valence-electron chi connectivity index (χ1n) is 5.28. The molecule has 0 amide bonds. The second kappa shape index (κ2) is 6.23. The van der Waals surface area contributed by atoms with Gasteiger partial charge in [0, 0.05) is 0 Å². The van der Waals surface area contributed by atoms with Gasteiger partial charge in [0.1, 0.15) is 0 Å². The molecule has 0 fully saturated rings. The molecule has 0 saturated carbocycles. The van der Waals surface area contributed by atoms with Crippen LogP contribution in [0.1, 0.15) is 40.5 Å². The average molecular weight is 209 g/mol. The van der Waals surface area contributed by atoms with Gasteiger partial charge in [0.2, 0.25) is 0 Å². The van der Waals surface area contributed by atoms with Gasteiger partial charge in [-0.25, -0.2) is 4.79 Å². The highest BCUT2D eigenvalue weighted by Crippen LogP contribution is 2.28. The number of rotatable bonds is 5. The normalized spacial score (nSPS) is 15.3. The summed E-state index contributed by atoms with van der Waals surface area (Å²) < 4.78 is 4.90. The van der Waals surface area contributed by atoms with Crippen molar-refractivity contribution in [1.29, 1.82) is 5.26 Å². The molecule has 0 unspecified atom stereocenters. The third-order valence-electron chi connectivity index (χ3n) is 2.44. The molecule has 0 aromatic rings. The first-order valence-corrected chi connectivity index (χ1v) is 5.28. The maximum absolute atomic E-state index is 11.6. The highest BCUT2D eigenvalue weighted by Gasteiger charge is 2.36. The number of nitrogens with zero attached hydrogens (tertiary/aromatic N) is 1. The molecule has 0 aromatic carbocycles. The van der Waals surface area contributed by atoms with E-state index >= 15 is 0 Å². The van der Waals surface area contributed by atoms with Crippen LogP contribution >= 0.6 is 0 Å². The van der Waals surface area contributed by atoms with Crippen LogP contribution in [-0.2, 0) is 9.53 Å². The largest absolute Gasteiger partial charge is 0.465 e. The molecule has 0 saturated heterocycles. The topological polar surface area (TPSA) is 50.1 Å². The lowest BCUT2D eigenvalue weighted by Crippen LogP contribution is -2.29. The highest BCUT2D eigenvalue weighted by molar-refractivity contribution is 5.83. The van der Waals surface area contributed by atoms with Gasteiger partial charge in [0.15, 0.2) is 5.41 Å². The summed E-state index contributed by atoms with van der Waals surface area (Å²) in [4.78, 5) is 11.6. The van der Waals surface area contributed by atoms with Crippen LogP contribution in [0.2, 0.25) is 0 Å². The van der Waals surface area contributed by atoms with Gasteiger partial charge in [-0.2, -0.15) is 5.26 Å². The number of esters is 1. The fourth-order valence-corrected chi connectivity index (χ4v) is 1.14. The Bertz CT molecular complexity index is 288. The van der Waals surface area contributed by atoms with Crippen molar-refractivity contribution in [3.05, 3.63) is 11.6 Å². The van der Waals surface area contributed by atoms with Crippen molar-refractivity contribution in [3.63, 3.8) is 0 Å². The van der Waals surface area contributed by atoms with E-state index in [-0.39, 0.29) is 0 Å². The van der Waals surface area contributed by atoms with Crippen LogP contribution in [0.25, 0.3) is 0 Å². The highest BCUT2D eigenvalue weighted by atomic mass is 16.5. The summed E-state index contributed by atoms with van der Waals surface area (Å²) in [5, 5.41) is 9.06. The lowest BCUT2D eigenvalue weighted by atomic mass is 9.84. The van der Waals surface area contributed by atoms with Crippen molar-refractivity contribution in [3.8, 4) is 6.07 Å². The Morgan fingerprint density at radius 2 is 2.13 bits per heavy atom. The molecule has 3 heteroatoms. The van der Waals surface area contributed by atoms with E-state index in [1.165, 1.54) is 0 Å². The third kappa shape index (κ3) is 3.39. The number of ether oxygens (including phenoxy) is 1. The lowest BCUT2D eigenvalue weighted by Gasteiger charge is -2.20. The Kier molecular flexibility index (Phi) is 5.69. The maximum Gasteiger partial charge on any atom is 0.330 e. The number of carbonyl (C=O) groups excluding carboxylic acids is 1. The number of unbranched alkanes of at least 4 members (excludes halogenated alkanes) is 1. The third-order valence-corrected chi connectivity index (χ3v) is 2.44. The quantitative estimate of drug-likeness (QED) is 0.516. The van der Waals surface area contributed by atoms with Crippen molar-refractivity contribution < 1.29 is 9.53 Å². The number of nitriles is 1. The molecule has 0 bridgehead atoms. The molecule has 0 aliphatic carbocycles. The minimum absolute atomic E-state index is 0.303. The van der Waals surface area contributed by atoms with Gasteiger partial charge in [-0.05, 0) is 32.8 Å². The van der Waals surface area contributed by atoms with E-state index in [0.717, 1.165) is 18.4 Å². The molecule has 0 N–H and O–H groups in total. The second-order valence-electron chi connectivity index (χ2n) is 3.63. The van der Waals surface area contributed by atoms with Gasteiger partial charge in [-0.3, -0.25) is 0 Å². The van der Waals surface area contributed by atoms with Gasteiger partial charge in [-0.15, -0.1) is 0 Å². The Morgan fingerprint density at radius 1 is 1.53 bits per heavy atom. The number of allylic oxidation sites excluding steroid dienone is 1. The molecule has 0 aromatic heterocycles. The molecule has 1 atom stereocenters. The van der Waals surface area contributed by atoms with Crippen molar-refractivity contribution in [2.75, 3.05) is 6.61 Å². The molecule has 0 rings (SSSR count). The molecule has 0 spiro atoms. The van der Waals surface area contributed by atoms with E-state index in [4.69, 9.17) is 10.00 Å². The standard InChI is InChI=1S/C12H19NO2/c1-5-7-8-10(3)12(4,9-13)11(14)15-6-2/h8H,5-7H2,1-4H3/b10-8-/t12-/m1/s1. The van der Waals surface area contributed by atoms with E-state index in [1.54, 1.807) is 20.8 Å². The Hall–Kier alpha value is -1.30. The fraction of sp³-hybridized carbons (Fsp3) is 0.667. The molecule has 0 aliphatic rings. The van der Waals surface area contributed by atoms with E-state index in [2.05, 4.69) is 6.92 Å². The number of hydrogen-bond donors (Lipinski definition) is 0. The zero-order chi connectivity index (χ0) is 11.9. The Labute approximate surface area is 91.7 Å². The van der Waals surface area contributed by atoms with E-state index < -0.39 is 11.4 Å². The molecular weight excluding hydrogens is 190 g/mol. The van der Waals surface area contributed by atoms with Crippen LogP contribution in [0.4, 0.5) is 0 Å². The molecule has 15 heavy (non-hydrogen) atoms. The van der Waals surface area contributed by atoms with Crippen LogP contribution in [-0.4, -0.2) is 12.6 Å². The van der Waals surface area contributed by atoms with E-state index in [1.807, 2.05) is 12.1 Å². The molecular formula is C12H19NO2. The van der Waals surface area contributed by atoms with Crippen molar-refractivity contribution in [2.45, 2.75) is 40.5 Å². The van der Waals surface area contributed by atoms with Crippen molar-refractivity contribution in [2.24, 2.45) is 5.41 Å².